The normalized spacial score (nSPS) is 22.2. The molecule has 5 rings (SSSR count). The molecule has 0 aromatic heterocycles. The summed E-state index contributed by atoms with van der Waals surface area (Å²) in [6.07, 6.45) is 2.21. The van der Waals surface area contributed by atoms with Crippen LogP contribution in [-0.4, -0.2) is 24.0 Å². The molecule has 2 aliphatic rings. The van der Waals surface area contributed by atoms with Crippen LogP contribution in [0.15, 0.2) is 72.7 Å². The topological polar surface area (TPSA) is 61.8 Å². The zero-order valence-electron chi connectivity index (χ0n) is 17.5. The van der Waals surface area contributed by atoms with E-state index in [4.69, 9.17) is 37.4 Å². The van der Waals surface area contributed by atoms with E-state index in [1.54, 1.807) is 12.1 Å². The number of halogens is 2. The number of benzene rings is 3. The maximum Gasteiger partial charge on any atom is 0.338 e. The van der Waals surface area contributed by atoms with Gasteiger partial charge in [-0.3, -0.25) is 4.79 Å². The summed E-state index contributed by atoms with van der Waals surface area (Å²) >= 11 is 11.9. The van der Waals surface area contributed by atoms with Gasteiger partial charge in [-0.1, -0.05) is 53.5 Å². The second kappa shape index (κ2) is 9.08. The van der Waals surface area contributed by atoms with E-state index in [-0.39, 0.29) is 29.7 Å². The zero-order chi connectivity index (χ0) is 22.9. The van der Waals surface area contributed by atoms with Crippen LogP contribution >= 0.6 is 23.2 Å². The first-order valence-corrected chi connectivity index (χ1v) is 11.5. The Labute approximate surface area is 200 Å². The molecule has 168 valence electrons. The van der Waals surface area contributed by atoms with E-state index in [9.17, 15) is 9.59 Å². The maximum atomic E-state index is 13.0. The van der Waals surface area contributed by atoms with Crippen LogP contribution in [0.25, 0.3) is 10.8 Å². The minimum atomic E-state index is -0.477. The summed E-state index contributed by atoms with van der Waals surface area (Å²) in [5.74, 6) is -0.119. The summed E-state index contributed by atoms with van der Waals surface area (Å²) < 4.78 is 17.3. The number of ether oxygens (including phenoxy) is 3. The van der Waals surface area contributed by atoms with E-state index >= 15 is 0 Å². The van der Waals surface area contributed by atoms with Gasteiger partial charge in [0.1, 0.15) is 24.2 Å². The molecule has 5 nitrogen and oxygen atoms in total. The molecule has 0 bridgehead atoms. The predicted molar refractivity (Wildman–Crippen MR) is 126 cm³/mol. The summed E-state index contributed by atoms with van der Waals surface area (Å²) in [6, 6.07) is 18.2. The Morgan fingerprint density at radius 2 is 1.76 bits per heavy atom. The van der Waals surface area contributed by atoms with E-state index < -0.39 is 5.97 Å². The molecule has 1 saturated carbocycles. The van der Waals surface area contributed by atoms with Crippen LogP contribution in [0.5, 0.6) is 5.75 Å². The highest BCUT2D eigenvalue weighted by Crippen LogP contribution is 2.36. The average Bonchev–Trinajstić information content (AvgIpc) is 2.82. The highest BCUT2D eigenvalue weighted by atomic mass is 35.5. The lowest BCUT2D eigenvalue weighted by Crippen LogP contribution is -2.43. The molecular weight excluding hydrogens is 463 g/mol. The molecule has 3 aromatic carbocycles. The number of carbonyl (C=O) groups excluding carboxylic acids is 2. The number of esters is 1. The first-order valence-electron chi connectivity index (χ1n) is 10.7. The summed E-state index contributed by atoms with van der Waals surface area (Å²) in [6.45, 7) is 0. The van der Waals surface area contributed by atoms with Crippen molar-refractivity contribution in [1.82, 2.24) is 0 Å². The molecule has 1 aliphatic heterocycles. The number of fused-ring (bicyclic) bond motifs is 2. The Morgan fingerprint density at radius 3 is 2.58 bits per heavy atom. The fraction of sp³-hybridized carbons (Fsp3) is 0.231. The van der Waals surface area contributed by atoms with E-state index in [1.807, 2.05) is 42.5 Å². The van der Waals surface area contributed by atoms with Gasteiger partial charge in [-0.05, 0) is 53.9 Å². The van der Waals surface area contributed by atoms with Crippen molar-refractivity contribution in [3.63, 3.8) is 0 Å². The Hall–Kier alpha value is -3.02. The maximum absolute atomic E-state index is 13.0. The Bertz CT molecular complexity index is 1270. The van der Waals surface area contributed by atoms with Gasteiger partial charge in [0, 0.05) is 6.42 Å². The predicted octanol–water partition coefficient (Wildman–Crippen LogP) is 6.36. The Kier molecular flexibility index (Phi) is 6.00. The SMILES string of the molecule is O=C(OC1CCC2C(=O)C(Oc3ccc4ccccc4c3)=COC2C1)c1ccc(Cl)c(Cl)c1. The summed E-state index contributed by atoms with van der Waals surface area (Å²) in [4.78, 5) is 25.5. The number of Topliss-reactive ketones (excluding diaryl/α,β-unsaturated/α-hetero) is 1. The van der Waals surface area contributed by atoms with Crippen LogP contribution in [0.4, 0.5) is 0 Å². The molecule has 7 heteroatoms. The fourth-order valence-corrected chi connectivity index (χ4v) is 4.61. The smallest absolute Gasteiger partial charge is 0.338 e. The van der Waals surface area contributed by atoms with E-state index in [2.05, 4.69) is 0 Å². The van der Waals surface area contributed by atoms with Gasteiger partial charge in [-0.2, -0.15) is 0 Å². The lowest BCUT2D eigenvalue weighted by molar-refractivity contribution is -0.132. The lowest BCUT2D eigenvalue weighted by Gasteiger charge is -2.36. The molecule has 0 saturated heterocycles. The van der Waals surface area contributed by atoms with Gasteiger partial charge in [0.2, 0.25) is 11.5 Å². The van der Waals surface area contributed by atoms with Crippen molar-refractivity contribution < 1.29 is 23.8 Å². The molecule has 0 radical (unpaired) electrons. The molecule has 3 atom stereocenters. The highest BCUT2D eigenvalue weighted by molar-refractivity contribution is 6.42. The molecule has 0 spiro atoms. The van der Waals surface area contributed by atoms with Crippen LogP contribution in [-0.2, 0) is 14.3 Å². The van der Waals surface area contributed by atoms with Gasteiger partial charge in [-0.25, -0.2) is 4.79 Å². The number of ketones is 1. The van der Waals surface area contributed by atoms with Crippen molar-refractivity contribution in [1.29, 1.82) is 0 Å². The zero-order valence-corrected chi connectivity index (χ0v) is 19.0. The number of allylic oxidation sites excluding steroid dienone is 1. The molecule has 1 heterocycles. The van der Waals surface area contributed by atoms with Gasteiger partial charge in [0.05, 0.1) is 21.5 Å². The molecule has 0 amide bonds. The summed E-state index contributed by atoms with van der Waals surface area (Å²) in [5.41, 5.74) is 0.332. The van der Waals surface area contributed by atoms with Gasteiger partial charge in [0.25, 0.3) is 0 Å². The molecule has 1 aliphatic carbocycles. The van der Waals surface area contributed by atoms with Crippen LogP contribution < -0.4 is 4.74 Å². The Balaban J connectivity index is 1.24. The Morgan fingerprint density at radius 1 is 0.939 bits per heavy atom. The standard InChI is InChI=1S/C26H20Cl2O5/c27-21-10-6-17(12-22(21)28)26(30)33-19-8-9-20-23(13-19)31-14-24(25(20)29)32-18-7-5-15-3-1-2-4-16(15)11-18/h1-7,10-12,14,19-20,23H,8-9,13H2. The van der Waals surface area contributed by atoms with Crippen molar-refractivity contribution in [2.75, 3.05) is 0 Å². The van der Waals surface area contributed by atoms with Gasteiger partial charge in [0.15, 0.2) is 0 Å². The van der Waals surface area contributed by atoms with Gasteiger partial charge in [-0.15, -0.1) is 0 Å². The van der Waals surface area contributed by atoms with Crippen molar-refractivity contribution in [2.24, 2.45) is 5.92 Å². The largest absolute Gasteiger partial charge is 0.493 e. The van der Waals surface area contributed by atoms with Crippen molar-refractivity contribution in [2.45, 2.75) is 31.5 Å². The third-order valence-electron chi connectivity index (χ3n) is 6.05. The molecule has 3 unspecified atom stereocenters. The molecule has 0 N–H and O–H groups in total. The summed E-state index contributed by atoms with van der Waals surface area (Å²) in [7, 11) is 0. The number of carbonyl (C=O) groups is 2. The summed E-state index contributed by atoms with van der Waals surface area (Å²) in [5, 5.41) is 2.79. The van der Waals surface area contributed by atoms with E-state index in [0.717, 1.165) is 10.8 Å². The van der Waals surface area contributed by atoms with E-state index in [1.165, 1.54) is 12.3 Å². The third-order valence-corrected chi connectivity index (χ3v) is 6.79. The van der Waals surface area contributed by atoms with Crippen LogP contribution in [0.2, 0.25) is 10.0 Å². The van der Waals surface area contributed by atoms with Crippen molar-refractivity contribution in [3.05, 3.63) is 88.3 Å². The number of rotatable bonds is 4. The first-order chi connectivity index (χ1) is 16.0. The second-order valence-electron chi connectivity index (χ2n) is 8.21. The lowest BCUT2D eigenvalue weighted by atomic mass is 9.80. The van der Waals surface area contributed by atoms with Crippen molar-refractivity contribution >= 4 is 45.7 Å². The molecule has 33 heavy (non-hydrogen) atoms. The number of hydrogen-bond donors (Lipinski definition) is 0. The minimum absolute atomic E-state index is 0.0892. The third kappa shape index (κ3) is 4.56. The quantitative estimate of drug-likeness (QED) is 0.404. The van der Waals surface area contributed by atoms with Gasteiger partial charge >= 0.3 is 5.97 Å². The minimum Gasteiger partial charge on any atom is -0.493 e. The first kappa shape index (κ1) is 21.8. The van der Waals surface area contributed by atoms with Crippen LogP contribution in [0.3, 0.4) is 0 Å². The molecular formula is C26H20Cl2O5. The average molecular weight is 483 g/mol. The number of hydrogen-bond acceptors (Lipinski definition) is 5. The highest BCUT2D eigenvalue weighted by Gasteiger charge is 2.42. The molecule has 1 fully saturated rings. The van der Waals surface area contributed by atoms with E-state index in [0.29, 0.717) is 40.6 Å². The molecule has 3 aromatic rings. The monoisotopic (exact) mass is 482 g/mol. The van der Waals surface area contributed by atoms with Crippen LogP contribution in [0, 0.1) is 5.92 Å². The van der Waals surface area contributed by atoms with Crippen LogP contribution in [0.1, 0.15) is 29.6 Å². The van der Waals surface area contributed by atoms with Crippen molar-refractivity contribution in [3.8, 4) is 5.75 Å². The second-order valence-corrected chi connectivity index (χ2v) is 9.02. The van der Waals surface area contributed by atoms with Gasteiger partial charge < -0.3 is 14.2 Å². The fourth-order valence-electron chi connectivity index (χ4n) is 4.31.